The van der Waals surface area contributed by atoms with Crippen molar-refractivity contribution in [2.45, 2.75) is 65.2 Å². The van der Waals surface area contributed by atoms with E-state index < -0.39 is 47.0 Å². The number of halogens is 2. The molecule has 1 aromatic rings. The van der Waals surface area contributed by atoms with Crippen LogP contribution in [0.4, 0.5) is 29.7 Å². The SMILES string of the molecule is COCC1(C(=O)C(C)NC(=O)OC(C)(C)C)CCN(c2c(F)cc(N3CC(CNC(C)=O)OC3=O)cc2F)CC1. The van der Waals surface area contributed by atoms with E-state index in [0.29, 0.717) is 0 Å². The number of carbonyl (C=O) groups excluding carboxylic acids is 4. The van der Waals surface area contributed by atoms with Gasteiger partial charge in [-0.25, -0.2) is 18.4 Å². The summed E-state index contributed by atoms with van der Waals surface area (Å²) in [5, 5.41) is 5.11. The van der Waals surface area contributed by atoms with Crippen LogP contribution >= 0.6 is 0 Å². The maximum absolute atomic E-state index is 15.3. The maximum atomic E-state index is 15.3. The number of nitrogens with zero attached hydrogens (tertiary/aromatic N) is 2. The Morgan fingerprint density at radius 2 is 1.77 bits per heavy atom. The van der Waals surface area contributed by atoms with Gasteiger partial charge in [-0.1, -0.05) is 0 Å². The van der Waals surface area contributed by atoms with Crippen molar-refractivity contribution in [1.82, 2.24) is 10.6 Å². The van der Waals surface area contributed by atoms with Gasteiger partial charge in [-0.15, -0.1) is 0 Å². The van der Waals surface area contributed by atoms with Crippen LogP contribution in [-0.2, 0) is 23.8 Å². The number of amides is 3. The maximum Gasteiger partial charge on any atom is 0.414 e. The first-order valence-electron chi connectivity index (χ1n) is 13.1. The van der Waals surface area contributed by atoms with Crippen molar-refractivity contribution in [1.29, 1.82) is 0 Å². The van der Waals surface area contributed by atoms with Gasteiger partial charge < -0.3 is 29.7 Å². The normalized spacial score (nSPS) is 19.6. The lowest BCUT2D eigenvalue weighted by molar-refractivity contribution is -0.135. The zero-order valence-corrected chi connectivity index (χ0v) is 23.8. The van der Waals surface area contributed by atoms with Crippen LogP contribution in [0.2, 0.25) is 0 Å². The van der Waals surface area contributed by atoms with Crippen LogP contribution in [0.25, 0.3) is 0 Å². The second-order valence-corrected chi connectivity index (χ2v) is 11.2. The number of nitrogens with one attached hydrogen (secondary N) is 2. The number of hydrogen-bond donors (Lipinski definition) is 2. The molecule has 3 rings (SSSR count). The number of ether oxygens (including phenoxy) is 3. The summed E-state index contributed by atoms with van der Waals surface area (Å²) >= 11 is 0. The van der Waals surface area contributed by atoms with Crippen molar-refractivity contribution in [3.05, 3.63) is 23.8 Å². The summed E-state index contributed by atoms with van der Waals surface area (Å²) in [6.45, 7) is 8.56. The number of piperidine rings is 1. The van der Waals surface area contributed by atoms with Gasteiger partial charge in [-0.05, 0) is 40.5 Å². The number of Topliss-reactive ketones (excluding diaryl/α,β-unsaturated/α-hetero) is 1. The van der Waals surface area contributed by atoms with E-state index in [4.69, 9.17) is 14.2 Å². The minimum atomic E-state index is -0.963. The highest BCUT2D eigenvalue weighted by Crippen LogP contribution is 2.38. The number of rotatable bonds is 9. The molecular weight excluding hydrogens is 530 g/mol. The Kier molecular flexibility index (Phi) is 9.60. The van der Waals surface area contributed by atoms with Gasteiger partial charge in [0.05, 0.1) is 36.8 Å². The van der Waals surface area contributed by atoms with Gasteiger partial charge in [0.25, 0.3) is 0 Å². The van der Waals surface area contributed by atoms with Crippen LogP contribution in [-0.4, -0.2) is 81.5 Å². The quantitative estimate of drug-likeness (QED) is 0.465. The lowest BCUT2D eigenvalue weighted by atomic mass is 9.73. The topological polar surface area (TPSA) is 127 Å². The Balaban J connectivity index is 1.70. The van der Waals surface area contributed by atoms with Crippen molar-refractivity contribution in [2.75, 3.05) is 49.7 Å². The van der Waals surface area contributed by atoms with Crippen LogP contribution in [0.15, 0.2) is 12.1 Å². The van der Waals surface area contributed by atoms with Crippen LogP contribution < -0.4 is 20.4 Å². The van der Waals surface area contributed by atoms with Gasteiger partial charge in [0.2, 0.25) is 5.91 Å². The summed E-state index contributed by atoms with van der Waals surface area (Å²) in [5.74, 6) is -2.27. The van der Waals surface area contributed by atoms with Gasteiger partial charge in [0.1, 0.15) is 17.4 Å². The average molecular weight is 569 g/mol. The zero-order chi connectivity index (χ0) is 29.8. The standard InChI is InChI=1S/C27H38F2N4O7/c1-16(31-24(36)40-26(3,4)5)23(35)27(15-38-6)7-9-32(10-8-27)22-20(28)11-18(12-21(22)29)33-14-19(39-25(33)37)13-30-17(2)34/h11-12,16,19H,7-10,13-15H2,1-6H3,(H,30,34)(H,31,36). The monoisotopic (exact) mass is 568 g/mol. The second kappa shape index (κ2) is 12.4. The third-order valence-electron chi connectivity index (χ3n) is 6.87. The third-order valence-corrected chi connectivity index (χ3v) is 6.87. The van der Waals surface area contributed by atoms with Gasteiger partial charge in [0.15, 0.2) is 17.4 Å². The number of carbonyl (C=O) groups is 4. The number of benzene rings is 1. The smallest absolute Gasteiger partial charge is 0.414 e. The first kappa shape index (κ1) is 31.1. The van der Waals surface area contributed by atoms with Crippen LogP contribution in [0.3, 0.4) is 0 Å². The van der Waals surface area contributed by atoms with Crippen molar-refractivity contribution < 1.29 is 42.2 Å². The molecule has 0 aliphatic carbocycles. The molecule has 13 heteroatoms. The number of hydrogen-bond acceptors (Lipinski definition) is 8. The fourth-order valence-electron chi connectivity index (χ4n) is 5.01. The Morgan fingerprint density at radius 1 is 1.18 bits per heavy atom. The molecule has 2 atom stereocenters. The highest BCUT2D eigenvalue weighted by atomic mass is 19.1. The molecule has 2 fully saturated rings. The summed E-state index contributed by atoms with van der Waals surface area (Å²) < 4.78 is 46.3. The largest absolute Gasteiger partial charge is 0.444 e. The lowest BCUT2D eigenvalue weighted by Crippen LogP contribution is -2.54. The molecule has 3 amide bonds. The molecule has 2 saturated heterocycles. The molecule has 0 radical (unpaired) electrons. The van der Waals surface area contributed by atoms with Crippen LogP contribution in [0, 0.1) is 17.0 Å². The number of ketones is 1. The Morgan fingerprint density at radius 3 is 2.30 bits per heavy atom. The Hall–Kier alpha value is -3.48. The third kappa shape index (κ3) is 7.38. The van der Waals surface area contributed by atoms with E-state index in [2.05, 4.69) is 10.6 Å². The summed E-state index contributed by atoms with van der Waals surface area (Å²) in [4.78, 5) is 51.7. The van der Waals surface area contributed by atoms with Crippen LogP contribution in [0.5, 0.6) is 0 Å². The number of cyclic esters (lactones) is 1. The predicted molar refractivity (Wildman–Crippen MR) is 142 cm³/mol. The van der Waals surface area contributed by atoms with Gasteiger partial charge in [-0.3, -0.25) is 14.5 Å². The summed E-state index contributed by atoms with van der Waals surface area (Å²) in [7, 11) is 1.47. The van der Waals surface area contributed by atoms with Crippen molar-refractivity contribution in [3.8, 4) is 0 Å². The van der Waals surface area contributed by atoms with Gasteiger partial charge in [-0.2, -0.15) is 0 Å². The highest BCUT2D eigenvalue weighted by Gasteiger charge is 2.44. The lowest BCUT2D eigenvalue weighted by Gasteiger charge is -2.42. The molecule has 0 saturated carbocycles. The van der Waals surface area contributed by atoms with Gasteiger partial charge in [0, 0.05) is 39.3 Å². The van der Waals surface area contributed by atoms with E-state index in [1.165, 1.54) is 18.9 Å². The molecule has 2 unspecified atom stereocenters. The summed E-state index contributed by atoms with van der Waals surface area (Å²) in [5.41, 5.74) is -1.95. The molecule has 222 valence electrons. The molecule has 2 aliphatic rings. The van der Waals surface area contributed by atoms with E-state index in [1.54, 1.807) is 27.7 Å². The number of anilines is 2. The Labute approximate surface area is 232 Å². The summed E-state index contributed by atoms with van der Waals surface area (Å²) in [6, 6.07) is 1.27. The molecule has 2 heterocycles. The predicted octanol–water partition coefficient (Wildman–Crippen LogP) is 3.14. The van der Waals surface area contributed by atoms with Crippen molar-refractivity contribution in [3.63, 3.8) is 0 Å². The minimum absolute atomic E-state index is 0.00275. The first-order chi connectivity index (χ1) is 18.7. The first-order valence-corrected chi connectivity index (χ1v) is 13.1. The second-order valence-electron chi connectivity index (χ2n) is 11.2. The molecule has 40 heavy (non-hydrogen) atoms. The van der Waals surface area contributed by atoms with Crippen LogP contribution in [0.1, 0.15) is 47.5 Å². The van der Waals surface area contributed by atoms with E-state index in [0.717, 1.165) is 17.0 Å². The molecule has 0 aromatic heterocycles. The minimum Gasteiger partial charge on any atom is -0.444 e. The van der Waals surface area contributed by atoms with E-state index in [9.17, 15) is 19.2 Å². The molecule has 11 nitrogen and oxygen atoms in total. The molecule has 0 bridgehead atoms. The molecular formula is C27H38F2N4O7. The molecule has 0 spiro atoms. The molecule has 2 N–H and O–H groups in total. The fourth-order valence-corrected chi connectivity index (χ4v) is 5.01. The number of methoxy groups -OCH3 is 1. The van der Waals surface area contributed by atoms with E-state index >= 15 is 8.78 Å². The van der Waals surface area contributed by atoms with Crippen molar-refractivity contribution >= 4 is 35.3 Å². The summed E-state index contributed by atoms with van der Waals surface area (Å²) in [6.07, 6.45) is -1.65. The van der Waals surface area contributed by atoms with E-state index in [-0.39, 0.29) is 68.7 Å². The highest BCUT2D eigenvalue weighted by molar-refractivity contribution is 5.92. The number of alkyl carbamates (subject to hydrolysis) is 1. The fraction of sp³-hybridized carbons (Fsp3) is 0.630. The Bertz CT molecular complexity index is 1110. The molecule has 1 aromatic carbocycles. The average Bonchev–Trinajstić information content (AvgIpc) is 3.22. The van der Waals surface area contributed by atoms with Gasteiger partial charge >= 0.3 is 12.2 Å². The van der Waals surface area contributed by atoms with Crippen molar-refractivity contribution in [2.24, 2.45) is 5.41 Å². The van der Waals surface area contributed by atoms with E-state index in [1.807, 2.05) is 0 Å². The zero-order valence-electron chi connectivity index (χ0n) is 23.8. The molecule has 2 aliphatic heterocycles.